The van der Waals surface area contributed by atoms with Gasteiger partial charge < -0.3 is 10.1 Å². The first-order valence-electron chi connectivity index (χ1n) is 7.14. The highest BCUT2D eigenvalue weighted by Crippen LogP contribution is 2.32. The number of hydrogen-bond acceptors (Lipinski definition) is 5. The second kappa shape index (κ2) is 6.88. The van der Waals surface area contributed by atoms with Gasteiger partial charge >= 0.3 is 5.97 Å². The third-order valence-electron chi connectivity index (χ3n) is 3.64. The lowest BCUT2D eigenvalue weighted by molar-refractivity contribution is -0.124. The van der Waals surface area contributed by atoms with Crippen LogP contribution in [0.3, 0.4) is 0 Å². The molecule has 0 bridgehead atoms. The lowest BCUT2D eigenvalue weighted by Gasteiger charge is -2.13. The fourth-order valence-electron chi connectivity index (χ4n) is 2.11. The molecule has 23 heavy (non-hydrogen) atoms. The molecule has 1 amide bonds. The Balaban J connectivity index is 1.98. The van der Waals surface area contributed by atoms with Gasteiger partial charge in [-0.1, -0.05) is 11.6 Å². The van der Waals surface area contributed by atoms with Gasteiger partial charge in [0.05, 0.1) is 15.5 Å². The number of ether oxygens (including phenoxy) is 1. The smallest absolute Gasteiger partial charge is 0.340 e. The van der Waals surface area contributed by atoms with E-state index in [-0.39, 0.29) is 21.5 Å². The molecular formula is C15H18ClNO5S. The second-order valence-corrected chi connectivity index (χ2v) is 8.11. The molecule has 1 atom stereocenters. The van der Waals surface area contributed by atoms with Gasteiger partial charge in [-0.3, -0.25) is 4.79 Å². The Hall–Kier alpha value is -1.60. The molecule has 1 aromatic rings. The maximum Gasteiger partial charge on any atom is 0.340 e. The Morgan fingerprint density at radius 2 is 2.04 bits per heavy atom. The summed E-state index contributed by atoms with van der Waals surface area (Å²) in [6.45, 7) is 1.47. The molecule has 1 fully saturated rings. The number of halogens is 1. The van der Waals surface area contributed by atoms with Crippen LogP contribution in [0, 0.1) is 5.92 Å². The molecule has 1 aliphatic carbocycles. The number of esters is 1. The highest BCUT2D eigenvalue weighted by atomic mass is 35.5. The van der Waals surface area contributed by atoms with Crippen LogP contribution in [0.25, 0.3) is 0 Å². The van der Waals surface area contributed by atoms with Crippen molar-refractivity contribution in [1.29, 1.82) is 0 Å². The Morgan fingerprint density at radius 1 is 1.39 bits per heavy atom. The molecule has 126 valence electrons. The number of rotatable bonds is 6. The predicted molar refractivity (Wildman–Crippen MR) is 85.2 cm³/mol. The number of carbonyl (C=O) groups is 2. The molecule has 1 aliphatic rings. The second-order valence-electron chi connectivity index (χ2n) is 5.68. The minimum Gasteiger partial charge on any atom is -0.452 e. The van der Waals surface area contributed by atoms with Crippen molar-refractivity contribution in [1.82, 2.24) is 5.32 Å². The van der Waals surface area contributed by atoms with Gasteiger partial charge in [0, 0.05) is 12.3 Å². The lowest BCUT2D eigenvalue weighted by Crippen LogP contribution is -2.37. The number of hydrogen-bond donors (Lipinski definition) is 1. The van der Waals surface area contributed by atoms with Crippen LogP contribution in [-0.2, 0) is 19.4 Å². The minimum absolute atomic E-state index is 0.0411. The van der Waals surface area contributed by atoms with E-state index in [1.54, 1.807) is 0 Å². The minimum atomic E-state index is -3.47. The van der Waals surface area contributed by atoms with Gasteiger partial charge in [0.2, 0.25) is 0 Å². The molecule has 1 saturated carbocycles. The summed E-state index contributed by atoms with van der Waals surface area (Å²) in [6.07, 6.45) is 3.21. The number of carbonyl (C=O) groups excluding carboxylic acids is 2. The molecule has 2 rings (SSSR count). The third-order valence-corrected chi connectivity index (χ3v) is 5.08. The zero-order valence-corrected chi connectivity index (χ0v) is 14.4. The van der Waals surface area contributed by atoms with Crippen LogP contribution in [0.5, 0.6) is 0 Å². The summed E-state index contributed by atoms with van der Waals surface area (Å²) in [4.78, 5) is 23.7. The number of sulfone groups is 1. The van der Waals surface area contributed by atoms with Crippen molar-refractivity contribution in [3.05, 3.63) is 28.8 Å². The van der Waals surface area contributed by atoms with Crippen molar-refractivity contribution in [2.45, 2.75) is 30.7 Å². The highest BCUT2D eigenvalue weighted by molar-refractivity contribution is 7.90. The van der Waals surface area contributed by atoms with Crippen LogP contribution in [-0.4, -0.2) is 39.2 Å². The zero-order chi connectivity index (χ0) is 17.2. The van der Waals surface area contributed by atoms with Gasteiger partial charge in [0.15, 0.2) is 16.4 Å². The quantitative estimate of drug-likeness (QED) is 0.782. The van der Waals surface area contributed by atoms with Crippen LogP contribution in [0.15, 0.2) is 23.1 Å². The monoisotopic (exact) mass is 359 g/mol. The Labute approximate surface area is 140 Å². The summed E-state index contributed by atoms with van der Waals surface area (Å²) < 4.78 is 27.9. The Morgan fingerprint density at radius 3 is 2.61 bits per heavy atom. The third kappa shape index (κ3) is 4.94. The molecule has 0 radical (unpaired) electrons. The highest BCUT2D eigenvalue weighted by Gasteiger charge is 2.29. The summed E-state index contributed by atoms with van der Waals surface area (Å²) in [6, 6.07) is 3.81. The molecule has 0 aliphatic heterocycles. The fraction of sp³-hybridized carbons (Fsp3) is 0.467. The van der Waals surface area contributed by atoms with Crippen LogP contribution in [0.4, 0.5) is 0 Å². The lowest BCUT2D eigenvalue weighted by atomic mass is 10.2. The summed E-state index contributed by atoms with van der Waals surface area (Å²) in [5.74, 6) is -0.738. The van der Waals surface area contributed by atoms with Crippen LogP contribution in [0.2, 0.25) is 5.02 Å². The van der Waals surface area contributed by atoms with Crippen LogP contribution >= 0.6 is 11.6 Å². The van der Waals surface area contributed by atoms with E-state index in [2.05, 4.69) is 5.32 Å². The van der Waals surface area contributed by atoms with Crippen LogP contribution < -0.4 is 5.32 Å². The van der Waals surface area contributed by atoms with E-state index >= 15 is 0 Å². The Kier molecular flexibility index (Phi) is 5.31. The van der Waals surface area contributed by atoms with E-state index in [9.17, 15) is 18.0 Å². The molecule has 0 saturated heterocycles. The molecule has 0 spiro atoms. The van der Waals surface area contributed by atoms with Crippen molar-refractivity contribution in [3.8, 4) is 0 Å². The van der Waals surface area contributed by atoms with Crippen molar-refractivity contribution in [2.75, 3.05) is 12.9 Å². The molecule has 6 nitrogen and oxygen atoms in total. The van der Waals surface area contributed by atoms with E-state index in [1.165, 1.54) is 12.1 Å². The fourth-order valence-corrected chi connectivity index (χ4v) is 2.95. The van der Waals surface area contributed by atoms with E-state index < -0.39 is 28.3 Å². The molecular weight excluding hydrogens is 342 g/mol. The largest absolute Gasteiger partial charge is 0.452 e. The zero-order valence-electron chi connectivity index (χ0n) is 12.8. The van der Waals surface area contributed by atoms with E-state index in [0.717, 1.165) is 25.2 Å². The molecule has 0 unspecified atom stereocenters. The summed E-state index contributed by atoms with van der Waals surface area (Å²) >= 11 is 5.89. The molecule has 0 heterocycles. The number of nitrogens with one attached hydrogen (secondary N) is 1. The standard InChI is InChI=1S/C15H18ClNO5S/c1-9(10-3-4-10)17-14(18)8-22-15(19)12-7-11(23(2,20)21)5-6-13(12)16/h5-7,9-10H,3-4,8H2,1-2H3,(H,17,18)/t9-/m0/s1. The van der Waals surface area contributed by atoms with Gasteiger partial charge in [-0.15, -0.1) is 0 Å². The van der Waals surface area contributed by atoms with Gasteiger partial charge in [0.25, 0.3) is 5.91 Å². The van der Waals surface area contributed by atoms with Gasteiger partial charge in [-0.2, -0.15) is 0 Å². The molecule has 0 aromatic heterocycles. The van der Waals surface area contributed by atoms with Gasteiger partial charge in [-0.25, -0.2) is 13.2 Å². The summed E-state index contributed by atoms with van der Waals surface area (Å²) in [5, 5.41) is 2.82. The van der Waals surface area contributed by atoms with Gasteiger partial charge in [-0.05, 0) is 43.9 Å². The van der Waals surface area contributed by atoms with Crippen molar-refractivity contribution in [2.24, 2.45) is 5.92 Å². The average molecular weight is 360 g/mol. The first kappa shape index (κ1) is 17.7. The SMILES string of the molecule is C[C@H](NC(=O)COC(=O)c1cc(S(C)(=O)=O)ccc1Cl)C1CC1. The van der Waals surface area contributed by atoms with Crippen LogP contribution in [0.1, 0.15) is 30.1 Å². The van der Waals surface area contributed by atoms with Gasteiger partial charge in [0.1, 0.15) is 0 Å². The Bertz CT molecular complexity index is 727. The number of benzene rings is 1. The molecule has 1 aromatic carbocycles. The maximum atomic E-state index is 12.0. The van der Waals surface area contributed by atoms with E-state index in [1.807, 2.05) is 6.92 Å². The predicted octanol–water partition coefficient (Wildman–Crippen LogP) is 1.81. The topological polar surface area (TPSA) is 89.5 Å². The first-order valence-corrected chi connectivity index (χ1v) is 9.41. The molecule has 1 N–H and O–H groups in total. The molecule has 8 heteroatoms. The first-order chi connectivity index (χ1) is 10.7. The normalized spacial score (nSPS) is 15.8. The van der Waals surface area contributed by atoms with Crippen molar-refractivity contribution in [3.63, 3.8) is 0 Å². The average Bonchev–Trinajstić information content (AvgIpc) is 3.28. The number of amides is 1. The van der Waals surface area contributed by atoms with E-state index in [4.69, 9.17) is 16.3 Å². The van der Waals surface area contributed by atoms with E-state index in [0.29, 0.717) is 5.92 Å². The van der Waals surface area contributed by atoms with Crippen molar-refractivity contribution >= 4 is 33.3 Å². The summed E-state index contributed by atoms with van der Waals surface area (Å²) in [7, 11) is -3.47. The summed E-state index contributed by atoms with van der Waals surface area (Å²) in [5.41, 5.74) is -0.0855. The maximum absolute atomic E-state index is 12.0. The van der Waals surface area contributed by atoms with Crippen molar-refractivity contribution < 1.29 is 22.7 Å².